The van der Waals surface area contributed by atoms with Gasteiger partial charge in [-0.3, -0.25) is 14.3 Å². The van der Waals surface area contributed by atoms with Crippen LogP contribution in [0.15, 0.2) is 15.0 Å². The summed E-state index contributed by atoms with van der Waals surface area (Å²) >= 11 is 1.40. The van der Waals surface area contributed by atoms with Gasteiger partial charge in [0.25, 0.3) is 5.56 Å². The lowest BCUT2D eigenvalue weighted by Gasteiger charge is -2.18. The number of aromatic nitrogens is 2. The first-order valence-corrected chi connectivity index (χ1v) is 6.38. The molecule has 4 nitrogen and oxygen atoms in total. The van der Waals surface area contributed by atoms with E-state index in [1.807, 2.05) is 33.1 Å². The quantitative estimate of drug-likeness (QED) is 0.845. The Hall–Kier alpha value is -1.36. The van der Waals surface area contributed by atoms with Crippen LogP contribution in [-0.2, 0) is 6.54 Å². The molecule has 0 saturated carbocycles. The molecule has 2 aromatic rings. The molecule has 0 amide bonds. The van der Waals surface area contributed by atoms with Crippen molar-refractivity contribution in [2.24, 2.45) is 5.41 Å². The van der Waals surface area contributed by atoms with Crippen molar-refractivity contribution < 1.29 is 0 Å². The van der Waals surface area contributed by atoms with Crippen molar-refractivity contribution in [3.05, 3.63) is 31.8 Å². The van der Waals surface area contributed by atoms with Gasteiger partial charge in [0.15, 0.2) is 0 Å². The van der Waals surface area contributed by atoms with Gasteiger partial charge < -0.3 is 0 Å². The molecule has 0 aromatic carbocycles. The third kappa shape index (κ3) is 2.20. The average molecular weight is 252 g/mol. The van der Waals surface area contributed by atoms with E-state index in [1.165, 1.54) is 15.9 Å². The van der Waals surface area contributed by atoms with Gasteiger partial charge in [0.05, 0.1) is 5.39 Å². The first kappa shape index (κ1) is 12.1. The lowest BCUT2D eigenvalue weighted by Crippen LogP contribution is -2.38. The summed E-state index contributed by atoms with van der Waals surface area (Å²) in [4.78, 5) is 27.6. The standard InChI is InChI=1S/C12H16N2O2S/c1-7-5-17-9-8(7)10(15)14(11(16)13-9)6-12(2,3)4/h5H,6H2,1-4H3,(H,13,16). The van der Waals surface area contributed by atoms with Crippen molar-refractivity contribution in [1.29, 1.82) is 0 Å². The molecule has 0 unspecified atom stereocenters. The van der Waals surface area contributed by atoms with Gasteiger partial charge in [0, 0.05) is 6.54 Å². The molecule has 1 N–H and O–H groups in total. The molecule has 0 saturated heterocycles. The van der Waals surface area contributed by atoms with Crippen LogP contribution in [0, 0.1) is 12.3 Å². The van der Waals surface area contributed by atoms with Crippen molar-refractivity contribution in [3.63, 3.8) is 0 Å². The number of nitrogens with zero attached hydrogens (tertiary/aromatic N) is 1. The Labute approximate surface area is 103 Å². The summed E-state index contributed by atoms with van der Waals surface area (Å²) in [6.45, 7) is 8.32. The zero-order valence-electron chi connectivity index (χ0n) is 10.5. The number of nitrogens with one attached hydrogen (secondary N) is 1. The van der Waals surface area contributed by atoms with E-state index >= 15 is 0 Å². The van der Waals surface area contributed by atoms with E-state index < -0.39 is 0 Å². The fraction of sp³-hybridized carbons (Fsp3) is 0.500. The third-order valence-corrected chi connectivity index (χ3v) is 3.55. The van der Waals surface area contributed by atoms with Crippen LogP contribution in [0.5, 0.6) is 0 Å². The zero-order chi connectivity index (χ0) is 12.8. The number of fused-ring (bicyclic) bond motifs is 1. The minimum Gasteiger partial charge on any atom is -0.298 e. The lowest BCUT2D eigenvalue weighted by atomic mass is 9.97. The molecule has 0 aliphatic rings. The fourth-order valence-corrected chi connectivity index (χ4v) is 2.74. The SMILES string of the molecule is Cc1csc2[nH]c(=O)n(CC(C)(C)C)c(=O)c12. The molecule has 0 fully saturated rings. The van der Waals surface area contributed by atoms with E-state index in [1.54, 1.807) is 0 Å². The Morgan fingerprint density at radius 1 is 1.35 bits per heavy atom. The van der Waals surface area contributed by atoms with E-state index in [9.17, 15) is 9.59 Å². The normalized spacial score (nSPS) is 12.2. The third-order valence-electron chi connectivity index (χ3n) is 2.53. The Bertz CT molecular complexity index is 670. The Morgan fingerprint density at radius 3 is 2.59 bits per heavy atom. The molecule has 0 bridgehead atoms. The van der Waals surface area contributed by atoms with E-state index in [4.69, 9.17) is 0 Å². The highest BCUT2D eigenvalue weighted by molar-refractivity contribution is 7.16. The number of thiophene rings is 1. The Balaban J connectivity index is 2.76. The average Bonchev–Trinajstić information content (AvgIpc) is 2.53. The second-order valence-corrected chi connectivity index (χ2v) is 6.38. The highest BCUT2D eigenvalue weighted by atomic mass is 32.1. The number of hydrogen-bond acceptors (Lipinski definition) is 3. The first-order chi connectivity index (χ1) is 7.79. The molecule has 2 aromatic heterocycles. The van der Waals surface area contributed by atoms with Gasteiger partial charge in [-0.05, 0) is 23.3 Å². The van der Waals surface area contributed by atoms with E-state index in [2.05, 4.69) is 4.98 Å². The van der Waals surface area contributed by atoms with E-state index in [-0.39, 0.29) is 16.7 Å². The maximum atomic E-state index is 12.3. The summed E-state index contributed by atoms with van der Waals surface area (Å²) in [5.41, 5.74) is 0.319. The van der Waals surface area contributed by atoms with Crippen LogP contribution in [-0.4, -0.2) is 9.55 Å². The molecule has 0 aliphatic heterocycles. The lowest BCUT2D eigenvalue weighted by molar-refractivity contribution is 0.332. The van der Waals surface area contributed by atoms with Gasteiger partial charge in [-0.1, -0.05) is 20.8 Å². The largest absolute Gasteiger partial charge is 0.329 e. The summed E-state index contributed by atoms with van der Waals surface area (Å²) in [6.07, 6.45) is 0. The van der Waals surface area contributed by atoms with Gasteiger partial charge in [0.1, 0.15) is 4.83 Å². The van der Waals surface area contributed by atoms with Crippen LogP contribution < -0.4 is 11.2 Å². The first-order valence-electron chi connectivity index (χ1n) is 5.50. The van der Waals surface area contributed by atoms with Gasteiger partial charge in [-0.15, -0.1) is 11.3 Å². The summed E-state index contributed by atoms with van der Waals surface area (Å²) < 4.78 is 1.29. The number of hydrogen-bond donors (Lipinski definition) is 1. The van der Waals surface area contributed by atoms with Crippen LogP contribution in [0.4, 0.5) is 0 Å². The van der Waals surface area contributed by atoms with Crippen LogP contribution in [0.1, 0.15) is 26.3 Å². The van der Waals surface area contributed by atoms with Gasteiger partial charge in [0.2, 0.25) is 0 Å². The summed E-state index contributed by atoms with van der Waals surface area (Å²) in [5.74, 6) is 0. The van der Waals surface area contributed by atoms with Crippen molar-refractivity contribution in [2.75, 3.05) is 0 Å². The van der Waals surface area contributed by atoms with Gasteiger partial charge in [-0.25, -0.2) is 4.79 Å². The predicted octanol–water partition coefficient (Wildman–Crippen LogP) is 2.11. The molecule has 0 atom stereocenters. The maximum Gasteiger partial charge on any atom is 0.329 e. The monoisotopic (exact) mass is 252 g/mol. The predicted molar refractivity (Wildman–Crippen MR) is 70.9 cm³/mol. The topological polar surface area (TPSA) is 54.9 Å². The summed E-state index contributed by atoms with van der Waals surface area (Å²) in [6, 6.07) is 0. The molecule has 0 radical (unpaired) electrons. The van der Waals surface area contributed by atoms with Gasteiger partial charge >= 0.3 is 5.69 Å². The van der Waals surface area contributed by atoms with E-state index in [0.29, 0.717) is 16.8 Å². The molecule has 0 spiro atoms. The highest BCUT2D eigenvalue weighted by Gasteiger charge is 2.17. The minimum atomic E-state index is -0.320. The van der Waals surface area contributed by atoms with E-state index in [0.717, 1.165) is 5.56 Å². The summed E-state index contributed by atoms with van der Waals surface area (Å²) in [7, 11) is 0. The smallest absolute Gasteiger partial charge is 0.298 e. The Morgan fingerprint density at radius 2 is 2.00 bits per heavy atom. The van der Waals surface area contributed by atoms with Crippen LogP contribution in [0.2, 0.25) is 0 Å². The van der Waals surface area contributed by atoms with Crippen LogP contribution >= 0.6 is 11.3 Å². The molecule has 0 aliphatic carbocycles. The van der Waals surface area contributed by atoms with Crippen molar-refractivity contribution in [1.82, 2.24) is 9.55 Å². The molecule has 2 heterocycles. The molecular weight excluding hydrogens is 236 g/mol. The number of rotatable bonds is 1. The molecule has 5 heteroatoms. The second-order valence-electron chi connectivity index (χ2n) is 5.50. The molecule has 17 heavy (non-hydrogen) atoms. The Kier molecular flexibility index (Phi) is 2.73. The maximum absolute atomic E-state index is 12.3. The molecular formula is C12H16N2O2S. The minimum absolute atomic E-state index is 0.103. The highest BCUT2D eigenvalue weighted by Crippen LogP contribution is 2.19. The number of aromatic amines is 1. The van der Waals surface area contributed by atoms with Crippen molar-refractivity contribution in [2.45, 2.75) is 34.2 Å². The zero-order valence-corrected chi connectivity index (χ0v) is 11.3. The summed E-state index contributed by atoms with van der Waals surface area (Å²) in [5, 5.41) is 2.53. The second kappa shape index (κ2) is 3.84. The molecule has 92 valence electrons. The fourth-order valence-electron chi connectivity index (χ4n) is 1.81. The van der Waals surface area contributed by atoms with Crippen molar-refractivity contribution >= 4 is 21.6 Å². The van der Waals surface area contributed by atoms with Crippen LogP contribution in [0.3, 0.4) is 0 Å². The van der Waals surface area contributed by atoms with Crippen LogP contribution in [0.25, 0.3) is 10.2 Å². The van der Waals surface area contributed by atoms with Gasteiger partial charge in [-0.2, -0.15) is 0 Å². The number of aryl methyl sites for hydroxylation is 1. The van der Waals surface area contributed by atoms with Crippen molar-refractivity contribution in [3.8, 4) is 0 Å². The number of H-pyrrole nitrogens is 1. The molecule has 2 rings (SSSR count).